The van der Waals surface area contributed by atoms with Crippen molar-refractivity contribution in [1.29, 1.82) is 0 Å². The van der Waals surface area contributed by atoms with Crippen molar-refractivity contribution in [2.45, 2.75) is 6.54 Å². The van der Waals surface area contributed by atoms with Crippen molar-refractivity contribution >= 4 is 27.5 Å². The van der Waals surface area contributed by atoms with Crippen molar-refractivity contribution in [3.05, 3.63) is 29.3 Å². The number of hydrogen-bond acceptors (Lipinski definition) is 4. The Bertz CT molecular complexity index is 488. The molecule has 0 saturated carbocycles. The molecular formula is C12H15N3OS. The summed E-state index contributed by atoms with van der Waals surface area (Å²) in [4.78, 5) is 17.4. The highest BCUT2D eigenvalue weighted by atomic mass is 32.1. The van der Waals surface area contributed by atoms with E-state index in [1.54, 1.807) is 30.3 Å². The van der Waals surface area contributed by atoms with Crippen molar-refractivity contribution in [2.75, 3.05) is 20.6 Å². The van der Waals surface area contributed by atoms with Gasteiger partial charge in [0.1, 0.15) is 5.01 Å². The van der Waals surface area contributed by atoms with Crippen molar-refractivity contribution < 1.29 is 4.79 Å². The van der Waals surface area contributed by atoms with Crippen LogP contribution < -0.4 is 5.32 Å². The van der Waals surface area contributed by atoms with Gasteiger partial charge in [-0.3, -0.25) is 4.79 Å². The van der Waals surface area contributed by atoms with Crippen LogP contribution in [-0.2, 0) is 11.3 Å². The molecule has 2 rings (SSSR count). The predicted octanol–water partition coefficient (Wildman–Crippen LogP) is 1.47. The van der Waals surface area contributed by atoms with Gasteiger partial charge in [-0.05, 0) is 12.1 Å². The van der Waals surface area contributed by atoms with Crippen LogP contribution in [0.4, 0.5) is 0 Å². The Morgan fingerprint density at radius 3 is 2.88 bits per heavy atom. The van der Waals surface area contributed by atoms with Crippen LogP contribution >= 0.6 is 11.3 Å². The number of carbonyl (C=O) groups excluding carboxylic acids is 1. The second-order valence-corrected chi connectivity index (χ2v) is 5.08. The van der Waals surface area contributed by atoms with E-state index >= 15 is 0 Å². The lowest BCUT2D eigenvalue weighted by atomic mass is 10.3. The molecule has 0 saturated heterocycles. The summed E-state index contributed by atoms with van der Waals surface area (Å²) in [5, 5.41) is 4.11. The van der Waals surface area contributed by atoms with Crippen LogP contribution in [0.1, 0.15) is 5.01 Å². The van der Waals surface area contributed by atoms with E-state index in [4.69, 9.17) is 0 Å². The van der Waals surface area contributed by atoms with Crippen LogP contribution in [0.15, 0.2) is 24.3 Å². The number of rotatable bonds is 4. The number of likely N-dealkylation sites (N-methyl/N-ethyl adjacent to an activating group) is 1. The number of nitrogens with zero attached hydrogens (tertiary/aromatic N) is 2. The van der Waals surface area contributed by atoms with E-state index in [-0.39, 0.29) is 5.91 Å². The Morgan fingerprint density at radius 1 is 1.41 bits per heavy atom. The first kappa shape index (κ1) is 12.0. The molecule has 90 valence electrons. The fourth-order valence-corrected chi connectivity index (χ4v) is 2.37. The van der Waals surface area contributed by atoms with Gasteiger partial charge in [-0.1, -0.05) is 12.1 Å². The van der Waals surface area contributed by atoms with E-state index in [1.807, 2.05) is 18.2 Å². The molecule has 1 amide bonds. The second kappa shape index (κ2) is 5.25. The molecule has 0 aliphatic heterocycles. The smallest absolute Gasteiger partial charge is 0.236 e. The summed E-state index contributed by atoms with van der Waals surface area (Å²) in [5.74, 6) is 0.0751. The highest BCUT2D eigenvalue weighted by molar-refractivity contribution is 7.18. The van der Waals surface area contributed by atoms with Crippen LogP contribution in [-0.4, -0.2) is 36.4 Å². The molecule has 5 heteroatoms. The zero-order valence-electron chi connectivity index (χ0n) is 9.93. The topological polar surface area (TPSA) is 45.2 Å². The third kappa shape index (κ3) is 3.01. The molecule has 0 radical (unpaired) electrons. The lowest BCUT2D eigenvalue weighted by molar-refractivity contribution is -0.127. The number of hydrogen-bond donors (Lipinski definition) is 1. The highest BCUT2D eigenvalue weighted by Gasteiger charge is 2.05. The Morgan fingerprint density at radius 2 is 2.18 bits per heavy atom. The van der Waals surface area contributed by atoms with Crippen LogP contribution in [0, 0.1) is 0 Å². The summed E-state index contributed by atoms with van der Waals surface area (Å²) in [6.07, 6.45) is 0. The minimum atomic E-state index is 0.0751. The molecule has 17 heavy (non-hydrogen) atoms. The maximum Gasteiger partial charge on any atom is 0.236 e. The van der Waals surface area contributed by atoms with Crippen molar-refractivity contribution in [3.8, 4) is 0 Å². The van der Waals surface area contributed by atoms with E-state index < -0.39 is 0 Å². The van der Waals surface area contributed by atoms with Crippen molar-refractivity contribution in [3.63, 3.8) is 0 Å². The van der Waals surface area contributed by atoms with Gasteiger partial charge >= 0.3 is 0 Å². The molecule has 2 aromatic rings. The summed E-state index contributed by atoms with van der Waals surface area (Å²) < 4.78 is 1.18. The number of aromatic nitrogens is 1. The summed E-state index contributed by atoms with van der Waals surface area (Å²) >= 11 is 1.66. The van der Waals surface area contributed by atoms with Gasteiger partial charge in [0.2, 0.25) is 5.91 Å². The first-order chi connectivity index (χ1) is 8.16. The number of thiazole rings is 1. The number of benzene rings is 1. The van der Waals surface area contributed by atoms with Crippen molar-refractivity contribution in [2.24, 2.45) is 0 Å². The molecule has 0 unspecified atom stereocenters. The first-order valence-corrected chi connectivity index (χ1v) is 6.24. The summed E-state index contributed by atoms with van der Waals surface area (Å²) in [6, 6.07) is 8.05. The number of fused-ring (bicyclic) bond motifs is 1. The van der Waals surface area contributed by atoms with Gasteiger partial charge < -0.3 is 10.2 Å². The molecule has 0 bridgehead atoms. The van der Waals surface area contributed by atoms with Gasteiger partial charge in [0.15, 0.2) is 0 Å². The fraction of sp³-hybridized carbons (Fsp3) is 0.333. The zero-order valence-corrected chi connectivity index (χ0v) is 10.8. The normalized spacial score (nSPS) is 10.7. The molecule has 4 nitrogen and oxygen atoms in total. The van der Waals surface area contributed by atoms with Crippen LogP contribution in [0.2, 0.25) is 0 Å². The molecule has 1 heterocycles. The minimum absolute atomic E-state index is 0.0751. The van der Waals surface area contributed by atoms with Crippen molar-refractivity contribution in [1.82, 2.24) is 15.2 Å². The van der Waals surface area contributed by atoms with E-state index in [2.05, 4.69) is 16.4 Å². The quantitative estimate of drug-likeness (QED) is 0.892. The van der Waals surface area contributed by atoms with Crippen LogP contribution in [0.5, 0.6) is 0 Å². The van der Waals surface area contributed by atoms with E-state index in [9.17, 15) is 4.79 Å². The average molecular weight is 249 g/mol. The first-order valence-electron chi connectivity index (χ1n) is 5.42. The zero-order chi connectivity index (χ0) is 12.3. The number of carbonyl (C=O) groups is 1. The van der Waals surface area contributed by atoms with E-state index in [0.29, 0.717) is 13.1 Å². The second-order valence-electron chi connectivity index (χ2n) is 3.97. The number of nitrogens with one attached hydrogen (secondary N) is 1. The number of amides is 1. The third-order valence-corrected chi connectivity index (χ3v) is 3.43. The molecule has 1 aromatic carbocycles. The Kier molecular flexibility index (Phi) is 3.71. The van der Waals surface area contributed by atoms with Gasteiger partial charge in [0.25, 0.3) is 0 Å². The Labute approximate surface area is 104 Å². The van der Waals surface area contributed by atoms with Crippen LogP contribution in [0.25, 0.3) is 10.2 Å². The predicted molar refractivity (Wildman–Crippen MR) is 70.0 cm³/mol. The van der Waals surface area contributed by atoms with Crippen LogP contribution in [0.3, 0.4) is 0 Å². The standard InChI is InChI=1S/C12H15N3OS/c1-15(2)12(16)8-13-7-11-14-9-5-3-4-6-10(9)17-11/h3-6,13H,7-8H2,1-2H3. The Balaban J connectivity index is 1.93. The highest BCUT2D eigenvalue weighted by Crippen LogP contribution is 2.21. The molecule has 0 aliphatic carbocycles. The van der Waals surface area contributed by atoms with Gasteiger partial charge in [-0.25, -0.2) is 4.98 Å². The van der Waals surface area contributed by atoms with Gasteiger partial charge in [-0.2, -0.15) is 0 Å². The third-order valence-electron chi connectivity index (χ3n) is 2.39. The molecule has 0 spiro atoms. The molecule has 0 atom stereocenters. The number of para-hydroxylation sites is 1. The van der Waals surface area contributed by atoms with Gasteiger partial charge in [0, 0.05) is 20.6 Å². The minimum Gasteiger partial charge on any atom is -0.348 e. The molecule has 1 aromatic heterocycles. The van der Waals surface area contributed by atoms with Gasteiger partial charge in [0.05, 0.1) is 16.8 Å². The fourth-order valence-electron chi connectivity index (χ4n) is 1.43. The maximum atomic E-state index is 11.4. The Hall–Kier alpha value is -1.46. The SMILES string of the molecule is CN(C)C(=O)CNCc1nc2ccccc2s1. The molecule has 0 aliphatic rings. The largest absolute Gasteiger partial charge is 0.348 e. The van der Waals surface area contributed by atoms with Gasteiger partial charge in [-0.15, -0.1) is 11.3 Å². The molecule has 1 N–H and O–H groups in total. The average Bonchev–Trinajstić information content (AvgIpc) is 2.71. The molecule has 0 fully saturated rings. The maximum absolute atomic E-state index is 11.4. The lowest BCUT2D eigenvalue weighted by Gasteiger charge is -2.09. The monoisotopic (exact) mass is 249 g/mol. The van der Waals surface area contributed by atoms with E-state index in [0.717, 1.165) is 10.5 Å². The molecular weight excluding hydrogens is 234 g/mol. The summed E-state index contributed by atoms with van der Waals surface area (Å²) in [7, 11) is 3.50. The summed E-state index contributed by atoms with van der Waals surface area (Å²) in [6.45, 7) is 0.988. The lowest BCUT2D eigenvalue weighted by Crippen LogP contribution is -2.32. The summed E-state index contributed by atoms with van der Waals surface area (Å²) in [5.41, 5.74) is 1.02. The van der Waals surface area contributed by atoms with E-state index in [1.165, 1.54) is 4.70 Å².